The topological polar surface area (TPSA) is 0 Å². The lowest BCUT2D eigenvalue weighted by atomic mass is 9.82. The van der Waals surface area contributed by atoms with Crippen molar-refractivity contribution in [2.24, 2.45) is 11.8 Å². The lowest BCUT2D eigenvalue weighted by Crippen LogP contribution is -2.12. The van der Waals surface area contributed by atoms with Crippen LogP contribution in [0.15, 0.2) is 12.2 Å². The summed E-state index contributed by atoms with van der Waals surface area (Å²) >= 11 is 0. The Balaban J connectivity index is 2.04. The molecule has 2 saturated carbocycles. The molecule has 56 valence electrons. The second kappa shape index (κ2) is 2.41. The molecule has 0 nitrogen and oxygen atoms in total. The molecule has 0 heteroatoms. The lowest BCUT2D eigenvalue weighted by Gasteiger charge is -2.23. The average Bonchev–Trinajstić information content (AvgIpc) is 2.27. The third-order valence-corrected chi connectivity index (χ3v) is 3.17. The normalized spacial score (nSPS) is 39.8. The van der Waals surface area contributed by atoms with Crippen LogP contribution >= 0.6 is 0 Å². The first-order chi connectivity index (χ1) is 4.86. The molecule has 0 radical (unpaired) electrons. The quantitative estimate of drug-likeness (QED) is 0.449. The Labute approximate surface area is 63.3 Å². The Morgan fingerprint density at radius 2 is 1.50 bits per heavy atom. The van der Waals surface area contributed by atoms with E-state index in [1.807, 2.05) is 0 Å². The third kappa shape index (κ3) is 1.00. The van der Waals surface area contributed by atoms with Crippen molar-refractivity contribution in [2.75, 3.05) is 0 Å². The summed E-state index contributed by atoms with van der Waals surface area (Å²) in [5.74, 6) is 2.09. The van der Waals surface area contributed by atoms with Crippen LogP contribution in [0.25, 0.3) is 0 Å². The molecule has 0 saturated heterocycles. The van der Waals surface area contributed by atoms with Gasteiger partial charge in [-0.15, -0.1) is 0 Å². The molecule has 0 aliphatic heterocycles. The van der Waals surface area contributed by atoms with Crippen molar-refractivity contribution in [1.82, 2.24) is 0 Å². The first-order valence-electron chi connectivity index (χ1n) is 4.53. The Kier molecular flexibility index (Phi) is 1.55. The van der Waals surface area contributed by atoms with Gasteiger partial charge < -0.3 is 0 Å². The average molecular weight is 136 g/mol. The van der Waals surface area contributed by atoms with Gasteiger partial charge in [0.1, 0.15) is 0 Å². The second-order valence-corrected chi connectivity index (χ2v) is 3.96. The molecule has 0 bridgehead atoms. The van der Waals surface area contributed by atoms with Gasteiger partial charge in [-0.3, -0.25) is 0 Å². The summed E-state index contributed by atoms with van der Waals surface area (Å²) in [6.07, 6.45) is 8.64. The molecular formula is C10H16. The Bertz CT molecular complexity index is 130. The van der Waals surface area contributed by atoms with Crippen LogP contribution in [-0.2, 0) is 0 Å². The zero-order valence-corrected chi connectivity index (χ0v) is 6.60. The molecule has 0 aromatic rings. The van der Waals surface area contributed by atoms with Crippen LogP contribution in [-0.4, -0.2) is 0 Å². The third-order valence-electron chi connectivity index (χ3n) is 3.17. The lowest BCUT2D eigenvalue weighted by molar-refractivity contribution is 0.277. The van der Waals surface area contributed by atoms with E-state index in [4.69, 9.17) is 0 Å². The fourth-order valence-electron chi connectivity index (χ4n) is 2.65. The molecule has 0 aromatic carbocycles. The van der Waals surface area contributed by atoms with E-state index in [0.717, 1.165) is 11.8 Å². The highest BCUT2D eigenvalue weighted by Crippen LogP contribution is 2.43. The van der Waals surface area contributed by atoms with E-state index < -0.39 is 0 Å². The molecule has 2 unspecified atom stereocenters. The summed E-state index contributed by atoms with van der Waals surface area (Å²) in [6, 6.07) is 0. The summed E-state index contributed by atoms with van der Waals surface area (Å²) < 4.78 is 0. The van der Waals surface area contributed by atoms with E-state index in [2.05, 4.69) is 6.58 Å². The van der Waals surface area contributed by atoms with Gasteiger partial charge in [0.2, 0.25) is 0 Å². The summed E-state index contributed by atoms with van der Waals surface area (Å²) in [5.41, 5.74) is 1.52. The summed E-state index contributed by atoms with van der Waals surface area (Å²) in [7, 11) is 0. The molecule has 2 aliphatic carbocycles. The maximum atomic E-state index is 4.08. The van der Waals surface area contributed by atoms with Crippen LogP contribution < -0.4 is 0 Å². The SMILES string of the molecule is C=C1CC2CCCCC2C1. The van der Waals surface area contributed by atoms with Gasteiger partial charge in [-0.25, -0.2) is 0 Å². The predicted molar refractivity (Wildman–Crippen MR) is 43.8 cm³/mol. The smallest absolute Gasteiger partial charge is 0.0292 e. The molecule has 0 N–H and O–H groups in total. The summed E-state index contributed by atoms with van der Waals surface area (Å²) in [6.45, 7) is 4.08. The van der Waals surface area contributed by atoms with Gasteiger partial charge in [0, 0.05) is 0 Å². The van der Waals surface area contributed by atoms with Gasteiger partial charge in [0.15, 0.2) is 0 Å². The summed E-state index contributed by atoms with van der Waals surface area (Å²) in [4.78, 5) is 0. The number of fused-ring (bicyclic) bond motifs is 1. The van der Waals surface area contributed by atoms with Crippen LogP contribution in [0.1, 0.15) is 38.5 Å². The first-order valence-corrected chi connectivity index (χ1v) is 4.53. The van der Waals surface area contributed by atoms with Gasteiger partial charge in [-0.2, -0.15) is 0 Å². The highest BCUT2D eigenvalue weighted by Gasteiger charge is 2.30. The van der Waals surface area contributed by atoms with E-state index in [1.54, 1.807) is 0 Å². The van der Waals surface area contributed by atoms with Crippen molar-refractivity contribution in [3.05, 3.63) is 12.2 Å². The second-order valence-electron chi connectivity index (χ2n) is 3.96. The minimum absolute atomic E-state index is 1.04. The number of hydrogen-bond donors (Lipinski definition) is 0. The number of rotatable bonds is 0. The van der Waals surface area contributed by atoms with E-state index >= 15 is 0 Å². The van der Waals surface area contributed by atoms with Crippen molar-refractivity contribution >= 4 is 0 Å². The van der Waals surface area contributed by atoms with Crippen molar-refractivity contribution in [3.63, 3.8) is 0 Å². The molecule has 0 spiro atoms. The minimum atomic E-state index is 1.04. The molecule has 10 heavy (non-hydrogen) atoms. The fraction of sp³-hybridized carbons (Fsp3) is 0.800. The van der Waals surface area contributed by atoms with Gasteiger partial charge in [-0.05, 0) is 37.5 Å². The standard InChI is InChI=1S/C10H16/c1-8-6-9-4-2-3-5-10(9)7-8/h9-10H,1-7H2. The van der Waals surface area contributed by atoms with E-state index in [0.29, 0.717) is 0 Å². The maximum Gasteiger partial charge on any atom is -0.0292 e. The highest BCUT2D eigenvalue weighted by molar-refractivity contribution is 5.06. The van der Waals surface area contributed by atoms with Crippen molar-refractivity contribution in [1.29, 1.82) is 0 Å². The minimum Gasteiger partial charge on any atom is -0.0998 e. The van der Waals surface area contributed by atoms with Crippen molar-refractivity contribution < 1.29 is 0 Å². The van der Waals surface area contributed by atoms with Crippen LogP contribution in [0.4, 0.5) is 0 Å². The zero-order valence-electron chi connectivity index (χ0n) is 6.60. The largest absolute Gasteiger partial charge is 0.0998 e. The van der Waals surface area contributed by atoms with E-state index in [9.17, 15) is 0 Å². The molecule has 2 fully saturated rings. The van der Waals surface area contributed by atoms with Gasteiger partial charge >= 0.3 is 0 Å². The van der Waals surface area contributed by atoms with Gasteiger partial charge in [-0.1, -0.05) is 25.0 Å². The van der Waals surface area contributed by atoms with E-state index in [1.165, 1.54) is 44.1 Å². The molecule has 2 rings (SSSR count). The number of hydrogen-bond acceptors (Lipinski definition) is 0. The van der Waals surface area contributed by atoms with Gasteiger partial charge in [0.25, 0.3) is 0 Å². The highest BCUT2D eigenvalue weighted by atomic mass is 14.4. The van der Waals surface area contributed by atoms with Crippen LogP contribution in [0, 0.1) is 11.8 Å². The fourth-order valence-corrected chi connectivity index (χ4v) is 2.65. The Morgan fingerprint density at radius 1 is 1.00 bits per heavy atom. The molecule has 2 aliphatic rings. The van der Waals surface area contributed by atoms with Crippen molar-refractivity contribution in [2.45, 2.75) is 38.5 Å². The first kappa shape index (κ1) is 6.45. The molecule has 0 heterocycles. The zero-order chi connectivity index (χ0) is 6.97. The maximum absolute atomic E-state index is 4.08. The monoisotopic (exact) mass is 136 g/mol. The molecule has 0 aromatic heterocycles. The van der Waals surface area contributed by atoms with Gasteiger partial charge in [0.05, 0.1) is 0 Å². The van der Waals surface area contributed by atoms with Crippen LogP contribution in [0.2, 0.25) is 0 Å². The van der Waals surface area contributed by atoms with Crippen molar-refractivity contribution in [3.8, 4) is 0 Å². The predicted octanol–water partition coefficient (Wildman–Crippen LogP) is 3.14. The summed E-state index contributed by atoms with van der Waals surface area (Å²) in [5, 5.41) is 0. The number of allylic oxidation sites excluding steroid dienone is 1. The van der Waals surface area contributed by atoms with Crippen LogP contribution in [0.5, 0.6) is 0 Å². The van der Waals surface area contributed by atoms with E-state index in [-0.39, 0.29) is 0 Å². The molecule has 2 atom stereocenters. The Morgan fingerprint density at radius 3 is 2.00 bits per heavy atom. The molecular weight excluding hydrogens is 120 g/mol. The molecule has 0 amide bonds. The van der Waals surface area contributed by atoms with Crippen LogP contribution in [0.3, 0.4) is 0 Å². The Hall–Kier alpha value is -0.260.